The molecule has 4 heteroatoms. The Balaban J connectivity index is 2.18. The summed E-state index contributed by atoms with van der Waals surface area (Å²) in [5.41, 5.74) is 6.26. The topological polar surface area (TPSA) is 61.5 Å². The smallest absolute Gasteiger partial charge is 0.186 e. The van der Waals surface area contributed by atoms with Crippen molar-refractivity contribution in [2.75, 3.05) is 20.3 Å². The number of carbonyl (C=O) groups excluding carboxylic acids is 1. The Kier molecular flexibility index (Phi) is 5.37. The lowest BCUT2D eigenvalue weighted by Gasteiger charge is -2.35. The summed E-state index contributed by atoms with van der Waals surface area (Å²) in [5, 5.41) is 0. The minimum Gasteiger partial charge on any atom is -0.490 e. The summed E-state index contributed by atoms with van der Waals surface area (Å²) in [5.74, 6) is 1.10. The molecule has 2 N–H and O–H groups in total. The Morgan fingerprint density at radius 3 is 2.86 bits per heavy atom. The third-order valence-electron chi connectivity index (χ3n) is 4.16. The lowest BCUT2D eigenvalue weighted by atomic mass is 9.73. The number of para-hydroxylation sites is 1. The van der Waals surface area contributed by atoms with Crippen molar-refractivity contribution in [3.05, 3.63) is 29.8 Å². The summed E-state index contributed by atoms with van der Waals surface area (Å²) in [6, 6.07) is 7.34. The van der Waals surface area contributed by atoms with Crippen LogP contribution >= 0.6 is 0 Å². The van der Waals surface area contributed by atoms with E-state index in [1.165, 1.54) is 0 Å². The number of carbonyl (C=O) groups is 1. The predicted molar refractivity (Wildman–Crippen MR) is 82.7 cm³/mol. The molecule has 0 amide bonds. The van der Waals surface area contributed by atoms with Crippen LogP contribution in [-0.2, 0) is 4.74 Å². The summed E-state index contributed by atoms with van der Waals surface area (Å²) in [4.78, 5) is 12.9. The third-order valence-corrected chi connectivity index (χ3v) is 4.16. The molecule has 2 unspecified atom stereocenters. The van der Waals surface area contributed by atoms with E-state index >= 15 is 0 Å². The number of rotatable bonds is 6. The summed E-state index contributed by atoms with van der Waals surface area (Å²) in [6.07, 6.45) is 3.66. The standard InChI is InChI=1S/C17H25NO3/c1-13-6-5-9-17(18,12-13)16(19)14-7-3-4-8-15(14)21-11-10-20-2/h3-4,7-8,13H,5-6,9-12,18H2,1-2H3. The van der Waals surface area contributed by atoms with Crippen LogP contribution in [0.25, 0.3) is 0 Å². The molecule has 1 aliphatic carbocycles. The maximum Gasteiger partial charge on any atom is 0.186 e. The first-order valence-electron chi connectivity index (χ1n) is 7.61. The number of ketones is 1. The Morgan fingerprint density at radius 1 is 1.38 bits per heavy atom. The zero-order valence-corrected chi connectivity index (χ0v) is 12.9. The first-order valence-corrected chi connectivity index (χ1v) is 7.61. The fraction of sp³-hybridized carbons (Fsp3) is 0.588. The zero-order chi connectivity index (χ0) is 15.3. The van der Waals surface area contributed by atoms with E-state index < -0.39 is 5.54 Å². The van der Waals surface area contributed by atoms with Crippen LogP contribution in [0.2, 0.25) is 0 Å². The van der Waals surface area contributed by atoms with Gasteiger partial charge in [-0.15, -0.1) is 0 Å². The molecule has 0 aromatic heterocycles. The molecule has 1 fully saturated rings. The second-order valence-electron chi connectivity index (χ2n) is 6.02. The number of methoxy groups -OCH3 is 1. The molecule has 1 saturated carbocycles. The number of benzene rings is 1. The summed E-state index contributed by atoms with van der Waals surface area (Å²) in [7, 11) is 1.62. The second-order valence-corrected chi connectivity index (χ2v) is 6.02. The van der Waals surface area contributed by atoms with Crippen LogP contribution in [0, 0.1) is 5.92 Å². The molecule has 0 heterocycles. The molecule has 1 aromatic carbocycles. The molecule has 0 saturated heterocycles. The van der Waals surface area contributed by atoms with E-state index in [0.29, 0.717) is 30.4 Å². The van der Waals surface area contributed by atoms with Gasteiger partial charge in [-0.05, 0) is 30.9 Å². The van der Waals surface area contributed by atoms with Gasteiger partial charge in [0.2, 0.25) is 0 Å². The van der Waals surface area contributed by atoms with Crippen LogP contribution in [-0.4, -0.2) is 31.6 Å². The van der Waals surface area contributed by atoms with Crippen LogP contribution in [0.3, 0.4) is 0 Å². The third kappa shape index (κ3) is 3.83. The van der Waals surface area contributed by atoms with Gasteiger partial charge in [-0.3, -0.25) is 4.79 Å². The number of hydrogen-bond acceptors (Lipinski definition) is 4. The van der Waals surface area contributed by atoms with E-state index in [-0.39, 0.29) is 5.78 Å². The van der Waals surface area contributed by atoms with Crippen molar-refractivity contribution in [1.29, 1.82) is 0 Å². The van der Waals surface area contributed by atoms with Crippen LogP contribution in [0.1, 0.15) is 43.0 Å². The highest BCUT2D eigenvalue weighted by molar-refractivity contribution is 6.05. The molecule has 1 aromatic rings. The van der Waals surface area contributed by atoms with Crippen LogP contribution in [0.15, 0.2) is 24.3 Å². The van der Waals surface area contributed by atoms with Gasteiger partial charge in [0.05, 0.1) is 17.7 Å². The van der Waals surface area contributed by atoms with Gasteiger partial charge in [0.25, 0.3) is 0 Å². The molecular weight excluding hydrogens is 266 g/mol. The fourth-order valence-electron chi connectivity index (χ4n) is 3.08. The number of ether oxygens (including phenoxy) is 2. The normalized spacial score (nSPS) is 25.6. The van der Waals surface area contributed by atoms with E-state index in [4.69, 9.17) is 15.2 Å². The minimum atomic E-state index is -0.752. The van der Waals surface area contributed by atoms with Crippen molar-refractivity contribution in [3.63, 3.8) is 0 Å². The maximum absolute atomic E-state index is 12.9. The highest BCUT2D eigenvalue weighted by atomic mass is 16.5. The van der Waals surface area contributed by atoms with Gasteiger partial charge in [-0.1, -0.05) is 31.9 Å². The Bertz CT molecular complexity index is 489. The SMILES string of the molecule is COCCOc1ccccc1C(=O)C1(N)CCCC(C)C1. The van der Waals surface area contributed by atoms with Crippen molar-refractivity contribution in [3.8, 4) is 5.75 Å². The van der Waals surface area contributed by atoms with Gasteiger partial charge in [0.15, 0.2) is 5.78 Å². The summed E-state index contributed by atoms with van der Waals surface area (Å²) < 4.78 is 10.6. The predicted octanol–water partition coefficient (Wildman–Crippen LogP) is 2.80. The molecule has 0 radical (unpaired) electrons. The van der Waals surface area contributed by atoms with Crippen LogP contribution in [0.5, 0.6) is 5.75 Å². The Morgan fingerprint density at radius 2 is 2.14 bits per heavy atom. The average molecular weight is 291 g/mol. The van der Waals surface area contributed by atoms with Gasteiger partial charge in [-0.2, -0.15) is 0 Å². The first kappa shape index (κ1) is 16.0. The van der Waals surface area contributed by atoms with E-state index in [1.807, 2.05) is 18.2 Å². The monoisotopic (exact) mass is 291 g/mol. The number of Topliss-reactive ketones (excluding diaryl/α,β-unsaturated/α-hetero) is 1. The lowest BCUT2D eigenvalue weighted by molar-refractivity contribution is 0.0812. The van der Waals surface area contributed by atoms with E-state index in [2.05, 4.69) is 6.92 Å². The zero-order valence-electron chi connectivity index (χ0n) is 12.9. The number of nitrogens with two attached hydrogens (primary N) is 1. The van der Waals surface area contributed by atoms with Crippen molar-refractivity contribution in [1.82, 2.24) is 0 Å². The quantitative estimate of drug-likeness (QED) is 0.646. The molecular formula is C17H25NO3. The molecule has 0 aliphatic heterocycles. The van der Waals surface area contributed by atoms with Gasteiger partial charge in [0, 0.05) is 7.11 Å². The Labute approximate surface area is 126 Å². The van der Waals surface area contributed by atoms with Crippen molar-refractivity contribution >= 4 is 5.78 Å². The molecule has 2 atom stereocenters. The van der Waals surface area contributed by atoms with E-state index in [0.717, 1.165) is 25.7 Å². The van der Waals surface area contributed by atoms with Crippen molar-refractivity contribution in [2.45, 2.75) is 38.1 Å². The van der Waals surface area contributed by atoms with E-state index in [9.17, 15) is 4.79 Å². The fourth-order valence-corrected chi connectivity index (χ4v) is 3.08. The summed E-state index contributed by atoms with van der Waals surface area (Å²) in [6.45, 7) is 3.08. The molecule has 21 heavy (non-hydrogen) atoms. The van der Waals surface area contributed by atoms with Crippen molar-refractivity contribution < 1.29 is 14.3 Å². The van der Waals surface area contributed by atoms with Crippen LogP contribution < -0.4 is 10.5 Å². The first-order chi connectivity index (χ1) is 10.1. The molecule has 2 rings (SSSR count). The summed E-state index contributed by atoms with van der Waals surface area (Å²) >= 11 is 0. The molecule has 0 bridgehead atoms. The van der Waals surface area contributed by atoms with E-state index in [1.54, 1.807) is 13.2 Å². The molecule has 4 nitrogen and oxygen atoms in total. The average Bonchev–Trinajstić information content (AvgIpc) is 2.47. The van der Waals surface area contributed by atoms with Crippen LogP contribution in [0.4, 0.5) is 0 Å². The molecule has 116 valence electrons. The van der Waals surface area contributed by atoms with Crippen molar-refractivity contribution in [2.24, 2.45) is 11.7 Å². The minimum absolute atomic E-state index is 0.00191. The number of hydrogen-bond donors (Lipinski definition) is 1. The van der Waals surface area contributed by atoms with Gasteiger partial charge < -0.3 is 15.2 Å². The van der Waals surface area contributed by atoms with Gasteiger partial charge in [0.1, 0.15) is 12.4 Å². The second kappa shape index (κ2) is 7.05. The molecule has 0 spiro atoms. The largest absolute Gasteiger partial charge is 0.490 e. The maximum atomic E-state index is 12.9. The Hall–Kier alpha value is -1.39. The lowest BCUT2D eigenvalue weighted by Crippen LogP contribution is -2.51. The van der Waals surface area contributed by atoms with Gasteiger partial charge in [-0.25, -0.2) is 0 Å². The van der Waals surface area contributed by atoms with Gasteiger partial charge >= 0.3 is 0 Å². The highest BCUT2D eigenvalue weighted by Crippen LogP contribution is 2.34. The molecule has 1 aliphatic rings. The highest BCUT2D eigenvalue weighted by Gasteiger charge is 2.39.